The average Bonchev–Trinajstić information content (AvgIpc) is 2.83. The quantitative estimate of drug-likeness (QED) is 0.674. The van der Waals surface area contributed by atoms with Gasteiger partial charge in [0.25, 0.3) is 0 Å². The number of carbonyl (C=O) groups is 1. The lowest BCUT2D eigenvalue weighted by Crippen LogP contribution is -2.18. The van der Waals surface area contributed by atoms with Crippen LogP contribution in [-0.4, -0.2) is 20.1 Å². The van der Waals surface area contributed by atoms with Gasteiger partial charge < -0.3 is 15.4 Å². The van der Waals surface area contributed by atoms with Crippen molar-refractivity contribution in [2.24, 2.45) is 0 Å². The molecular weight excluding hydrogens is 340 g/mol. The molecule has 0 aliphatic rings. The molecule has 2 N–H and O–H groups in total. The van der Waals surface area contributed by atoms with Crippen LogP contribution in [0.5, 0.6) is 0 Å². The molecule has 0 bridgehead atoms. The highest BCUT2D eigenvalue weighted by molar-refractivity contribution is 9.10. The number of nitrogens with zero attached hydrogens (tertiary/aromatic N) is 1. The zero-order chi connectivity index (χ0) is 14.7. The zero-order valence-electron chi connectivity index (χ0n) is 11.2. The number of esters is 1. The maximum Gasteiger partial charge on any atom is 0.337 e. The summed E-state index contributed by atoms with van der Waals surface area (Å²) in [6.07, 6.45) is 0. The minimum absolute atomic E-state index is 0.362. The highest BCUT2D eigenvalue weighted by atomic mass is 79.9. The molecule has 0 radical (unpaired) electrons. The fourth-order valence-corrected chi connectivity index (χ4v) is 3.38. The van der Waals surface area contributed by atoms with Crippen LogP contribution in [0, 0.1) is 0 Å². The van der Waals surface area contributed by atoms with Gasteiger partial charge >= 0.3 is 5.97 Å². The Labute approximate surface area is 130 Å². The molecule has 0 saturated heterocycles. The van der Waals surface area contributed by atoms with Crippen molar-refractivity contribution in [2.75, 3.05) is 24.8 Å². The van der Waals surface area contributed by atoms with Crippen LogP contribution in [-0.2, 0) is 11.3 Å². The van der Waals surface area contributed by atoms with E-state index in [9.17, 15) is 4.79 Å². The minimum Gasteiger partial charge on any atom is -0.465 e. The largest absolute Gasteiger partial charge is 0.465 e. The van der Waals surface area contributed by atoms with Gasteiger partial charge in [0, 0.05) is 21.8 Å². The molecule has 2 rings (SSSR count). The van der Waals surface area contributed by atoms with Gasteiger partial charge in [0.05, 0.1) is 30.6 Å². The fourth-order valence-electron chi connectivity index (χ4n) is 1.87. The molecule has 1 heterocycles. The summed E-state index contributed by atoms with van der Waals surface area (Å²) in [6.45, 7) is 0.727. The maximum absolute atomic E-state index is 11.6. The predicted octanol–water partition coefficient (Wildman–Crippen LogP) is 3.52. The third kappa shape index (κ3) is 3.32. The lowest BCUT2D eigenvalue weighted by atomic mass is 10.1. The molecule has 20 heavy (non-hydrogen) atoms. The van der Waals surface area contributed by atoms with E-state index in [0.29, 0.717) is 11.3 Å². The molecule has 0 saturated carbocycles. The summed E-state index contributed by atoms with van der Waals surface area (Å²) in [4.78, 5) is 14.8. The van der Waals surface area contributed by atoms with Crippen molar-refractivity contribution >= 4 is 44.6 Å². The minimum atomic E-state index is -0.362. The molecule has 6 heteroatoms. The van der Waals surface area contributed by atoms with Gasteiger partial charge in [-0.05, 0) is 40.2 Å². The lowest BCUT2D eigenvalue weighted by Gasteiger charge is -2.21. The van der Waals surface area contributed by atoms with Gasteiger partial charge in [0.1, 0.15) is 0 Å². The number of carbonyl (C=O) groups excluding carboxylic acids is 1. The third-order valence-corrected chi connectivity index (χ3v) is 4.56. The molecule has 106 valence electrons. The highest BCUT2D eigenvalue weighted by Crippen LogP contribution is 2.27. The average molecular weight is 355 g/mol. The summed E-state index contributed by atoms with van der Waals surface area (Å²) in [5.41, 5.74) is 7.94. The lowest BCUT2D eigenvalue weighted by molar-refractivity contribution is 0.0601. The van der Waals surface area contributed by atoms with Crippen LogP contribution in [0.4, 0.5) is 11.4 Å². The molecule has 4 nitrogen and oxygen atoms in total. The van der Waals surface area contributed by atoms with Crippen LogP contribution in [0.25, 0.3) is 0 Å². The number of anilines is 2. The standard InChI is InChI=1S/C14H15BrN2O2S/c1-17(7-11-6-10(15)8-20-11)13-5-9(14(18)19-2)3-4-12(13)16/h3-6,8H,7,16H2,1-2H3. The fraction of sp³-hybridized carbons (Fsp3) is 0.214. The molecule has 0 aliphatic carbocycles. The Morgan fingerprint density at radius 1 is 1.45 bits per heavy atom. The number of hydrogen-bond acceptors (Lipinski definition) is 5. The van der Waals surface area contributed by atoms with Crippen molar-refractivity contribution in [3.05, 3.63) is 44.6 Å². The number of halogens is 1. The molecule has 1 aromatic carbocycles. The van der Waals surface area contributed by atoms with Crippen molar-refractivity contribution in [3.8, 4) is 0 Å². The number of thiophene rings is 1. The summed E-state index contributed by atoms with van der Waals surface area (Å²) >= 11 is 5.11. The Morgan fingerprint density at radius 3 is 2.80 bits per heavy atom. The number of nitrogen functional groups attached to an aromatic ring is 1. The van der Waals surface area contributed by atoms with Crippen LogP contribution in [0.2, 0.25) is 0 Å². The van der Waals surface area contributed by atoms with E-state index in [4.69, 9.17) is 10.5 Å². The van der Waals surface area contributed by atoms with E-state index >= 15 is 0 Å². The monoisotopic (exact) mass is 354 g/mol. The molecule has 1 aromatic heterocycles. The number of hydrogen-bond donors (Lipinski definition) is 1. The molecular formula is C14H15BrN2O2S. The van der Waals surface area contributed by atoms with Gasteiger partial charge in [-0.1, -0.05) is 0 Å². The maximum atomic E-state index is 11.6. The van der Waals surface area contributed by atoms with Crippen LogP contribution in [0.1, 0.15) is 15.2 Å². The first kappa shape index (κ1) is 14.9. The van der Waals surface area contributed by atoms with E-state index < -0.39 is 0 Å². The van der Waals surface area contributed by atoms with E-state index in [1.807, 2.05) is 17.3 Å². The second-order valence-corrected chi connectivity index (χ2v) is 6.26. The second kappa shape index (κ2) is 6.28. The van der Waals surface area contributed by atoms with Crippen molar-refractivity contribution in [1.29, 1.82) is 0 Å². The second-order valence-electron chi connectivity index (χ2n) is 4.35. The first-order valence-electron chi connectivity index (χ1n) is 5.93. The van der Waals surface area contributed by atoms with Crippen molar-refractivity contribution < 1.29 is 9.53 Å². The third-order valence-electron chi connectivity index (χ3n) is 2.88. The SMILES string of the molecule is COC(=O)c1ccc(N)c(N(C)Cc2cc(Br)cs2)c1. The summed E-state index contributed by atoms with van der Waals surface area (Å²) in [5, 5.41) is 2.04. The Balaban J connectivity index is 2.24. The van der Waals surface area contributed by atoms with Gasteiger partial charge in [-0.2, -0.15) is 0 Å². The smallest absolute Gasteiger partial charge is 0.337 e. The molecule has 0 unspecified atom stereocenters. The van der Waals surface area contributed by atoms with Crippen LogP contribution >= 0.6 is 27.3 Å². The van der Waals surface area contributed by atoms with Gasteiger partial charge in [-0.15, -0.1) is 11.3 Å². The Hall–Kier alpha value is -1.53. The van der Waals surface area contributed by atoms with Crippen molar-refractivity contribution in [3.63, 3.8) is 0 Å². The number of nitrogens with two attached hydrogens (primary N) is 1. The van der Waals surface area contributed by atoms with Crippen LogP contribution in [0.15, 0.2) is 34.1 Å². The molecule has 2 aromatic rings. The summed E-state index contributed by atoms with van der Waals surface area (Å²) in [5.74, 6) is -0.362. The predicted molar refractivity (Wildman–Crippen MR) is 86.3 cm³/mol. The van der Waals surface area contributed by atoms with E-state index in [2.05, 4.69) is 22.0 Å². The molecule has 0 spiro atoms. The van der Waals surface area contributed by atoms with E-state index in [-0.39, 0.29) is 5.97 Å². The normalized spacial score (nSPS) is 10.3. The van der Waals surface area contributed by atoms with Crippen molar-refractivity contribution in [2.45, 2.75) is 6.54 Å². The van der Waals surface area contributed by atoms with Gasteiger partial charge in [-0.25, -0.2) is 4.79 Å². The Morgan fingerprint density at radius 2 is 2.20 bits per heavy atom. The van der Waals surface area contributed by atoms with Gasteiger partial charge in [0.2, 0.25) is 0 Å². The van der Waals surface area contributed by atoms with Crippen LogP contribution in [0.3, 0.4) is 0 Å². The molecule has 0 amide bonds. The van der Waals surface area contributed by atoms with E-state index in [1.54, 1.807) is 29.5 Å². The summed E-state index contributed by atoms with van der Waals surface area (Å²) in [6, 6.07) is 7.22. The van der Waals surface area contributed by atoms with Crippen molar-refractivity contribution in [1.82, 2.24) is 0 Å². The number of rotatable bonds is 4. The number of methoxy groups -OCH3 is 1. The van der Waals surface area contributed by atoms with Gasteiger partial charge in [-0.3, -0.25) is 0 Å². The molecule has 0 aliphatic heterocycles. The number of benzene rings is 1. The van der Waals surface area contributed by atoms with Crippen LogP contribution < -0.4 is 10.6 Å². The van der Waals surface area contributed by atoms with E-state index in [1.165, 1.54) is 12.0 Å². The highest BCUT2D eigenvalue weighted by Gasteiger charge is 2.12. The Bertz CT molecular complexity index is 627. The first-order valence-corrected chi connectivity index (χ1v) is 7.60. The number of ether oxygens (including phenoxy) is 1. The molecule has 0 atom stereocenters. The van der Waals surface area contributed by atoms with E-state index in [0.717, 1.165) is 16.7 Å². The summed E-state index contributed by atoms with van der Waals surface area (Å²) < 4.78 is 5.80. The molecule has 0 fully saturated rings. The van der Waals surface area contributed by atoms with Gasteiger partial charge in [0.15, 0.2) is 0 Å². The Kier molecular flexibility index (Phi) is 4.67. The topological polar surface area (TPSA) is 55.6 Å². The first-order chi connectivity index (χ1) is 9.51. The summed E-state index contributed by atoms with van der Waals surface area (Å²) in [7, 11) is 3.31. The zero-order valence-corrected chi connectivity index (χ0v) is 13.6.